The molecule has 4 rings (SSSR count). The van der Waals surface area contributed by atoms with Crippen molar-refractivity contribution in [2.45, 2.75) is 30.2 Å². The molecule has 0 unspecified atom stereocenters. The summed E-state index contributed by atoms with van der Waals surface area (Å²) in [7, 11) is -2.22. The van der Waals surface area contributed by atoms with Gasteiger partial charge in [-0.05, 0) is 48.9 Å². The Hall–Kier alpha value is -2.56. The molecule has 10 heteroatoms. The van der Waals surface area contributed by atoms with Crippen LogP contribution in [0.25, 0.3) is 15.9 Å². The Morgan fingerprint density at radius 3 is 2.86 bits per heavy atom. The SMILES string of the molecule is COCCCNc1nc2c(S(=O)(=O)c3cc(C)ccc3C)nnn2c2ccsc12. The predicted molar refractivity (Wildman–Crippen MR) is 113 cm³/mol. The number of sulfone groups is 1. The molecule has 0 saturated heterocycles. The smallest absolute Gasteiger partial charge is 0.229 e. The second-order valence-corrected chi connectivity index (χ2v) is 9.52. The van der Waals surface area contributed by atoms with Crippen LogP contribution in [0.5, 0.6) is 0 Å². The zero-order valence-electron chi connectivity index (χ0n) is 16.3. The van der Waals surface area contributed by atoms with E-state index >= 15 is 0 Å². The van der Waals surface area contributed by atoms with Crippen molar-refractivity contribution in [2.24, 2.45) is 0 Å². The van der Waals surface area contributed by atoms with Crippen molar-refractivity contribution in [3.05, 3.63) is 40.8 Å². The topological polar surface area (TPSA) is 98.5 Å². The van der Waals surface area contributed by atoms with Crippen molar-refractivity contribution in [1.29, 1.82) is 0 Å². The van der Waals surface area contributed by atoms with Gasteiger partial charge in [-0.15, -0.1) is 16.4 Å². The molecule has 0 aliphatic carbocycles. The van der Waals surface area contributed by atoms with E-state index in [0.29, 0.717) is 24.5 Å². The molecule has 152 valence electrons. The minimum absolute atomic E-state index is 0.140. The monoisotopic (exact) mass is 431 g/mol. The third-order valence-electron chi connectivity index (χ3n) is 4.63. The van der Waals surface area contributed by atoms with Crippen LogP contribution in [0.2, 0.25) is 0 Å². The second-order valence-electron chi connectivity index (χ2n) is 6.77. The molecule has 0 fully saturated rings. The summed E-state index contributed by atoms with van der Waals surface area (Å²) in [5, 5.41) is 13.2. The van der Waals surface area contributed by atoms with E-state index in [0.717, 1.165) is 22.2 Å². The van der Waals surface area contributed by atoms with Crippen molar-refractivity contribution in [3.63, 3.8) is 0 Å². The highest BCUT2D eigenvalue weighted by atomic mass is 32.2. The van der Waals surface area contributed by atoms with Gasteiger partial charge in [-0.2, -0.15) is 4.52 Å². The largest absolute Gasteiger partial charge is 0.385 e. The lowest BCUT2D eigenvalue weighted by atomic mass is 10.2. The molecule has 0 spiro atoms. The van der Waals surface area contributed by atoms with Crippen LogP contribution in [-0.2, 0) is 14.6 Å². The molecule has 0 atom stereocenters. The van der Waals surface area contributed by atoms with Gasteiger partial charge in [-0.1, -0.05) is 17.3 Å². The van der Waals surface area contributed by atoms with Crippen molar-refractivity contribution in [3.8, 4) is 0 Å². The summed E-state index contributed by atoms with van der Waals surface area (Å²) < 4.78 is 34.2. The van der Waals surface area contributed by atoms with E-state index in [1.165, 1.54) is 15.9 Å². The Labute approximate surface area is 172 Å². The summed E-state index contributed by atoms with van der Waals surface area (Å²) in [5.74, 6) is 0.623. The molecular formula is C19H21N5O3S2. The summed E-state index contributed by atoms with van der Waals surface area (Å²) in [4.78, 5) is 4.82. The summed E-state index contributed by atoms with van der Waals surface area (Å²) in [6.07, 6.45) is 0.807. The molecule has 0 aliphatic rings. The molecule has 3 heterocycles. The Morgan fingerprint density at radius 2 is 2.07 bits per heavy atom. The van der Waals surface area contributed by atoms with Crippen molar-refractivity contribution < 1.29 is 13.2 Å². The molecule has 0 amide bonds. The Kier molecular flexibility index (Phi) is 5.24. The molecule has 0 aliphatic heterocycles. The number of aromatic nitrogens is 4. The number of anilines is 1. The van der Waals surface area contributed by atoms with Gasteiger partial charge < -0.3 is 10.1 Å². The molecule has 4 aromatic rings. The van der Waals surface area contributed by atoms with Gasteiger partial charge in [-0.25, -0.2) is 13.4 Å². The van der Waals surface area contributed by atoms with Crippen molar-refractivity contribution in [2.75, 3.05) is 25.6 Å². The number of nitrogens with one attached hydrogen (secondary N) is 1. The van der Waals surface area contributed by atoms with Crippen LogP contribution in [0.3, 0.4) is 0 Å². The lowest BCUT2D eigenvalue weighted by Crippen LogP contribution is -2.09. The molecule has 0 saturated carbocycles. The van der Waals surface area contributed by atoms with E-state index in [1.54, 1.807) is 26.2 Å². The zero-order valence-corrected chi connectivity index (χ0v) is 18.0. The van der Waals surface area contributed by atoms with Gasteiger partial charge in [0.15, 0.2) is 5.65 Å². The highest BCUT2D eigenvalue weighted by Crippen LogP contribution is 2.32. The van der Waals surface area contributed by atoms with E-state index in [2.05, 4.69) is 20.6 Å². The predicted octanol–water partition coefficient (Wildman–Crippen LogP) is 3.24. The van der Waals surface area contributed by atoms with Crippen LogP contribution in [0.1, 0.15) is 17.5 Å². The summed E-state index contributed by atoms with van der Waals surface area (Å²) in [6.45, 7) is 4.91. The van der Waals surface area contributed by atoms with Crippen LogP contribution in [0.15, 0.2) is 39.6 Å². The van der Waals surface area contributed by atoms with E-state index in [-0.39, 0.29) is 15.6 Å². The van der Waals surface area contributed by atoms with Gasteiger partial charge >= 0.3 is 0 Å². The standard InChI is InChI=1S/C19H21N5O3S2/c1-12-5-6-13(2)15(11-12)29(25,26)19-18-21-17(20-8-4-9-27-3)16-14(7-10-28-16)24(18)23-22-19/h5-7,10-11H,4,8-9H2,1-3H3,(H,20,21). The number of fused-ring (bicyclic) bond motifs is 3. The lowest BCUT2D eigenvalue weighted by molar-refractivity contribution is 0.198. The minimum Gasteiger partial charge on any atom is -0.385 e. The molecule has 3 aromatic heterocycles. The van der Waals surface area contributed by atoms with E-state index in [9.17, 15) is 8.42 Å². The molecule has 0 radical (unpaired) electrons. The van der Waals surface area contributed by atoms with E-state index < -0.39 is 9.84 Å². The maximum atomic E-state index is 13.4. The normalized spacial score (nSPS) is 12.1. The fourth-order valence-corrected chi connectivity index (χ4v) is 5.54. The van der Waals surface area contributed by atoms with Crippen molar-refractivity contribution in [1.82, 2.24) is 19.8 Å². The number of methoxy groups -OCH3 is 1. The van der Waals surface area contributed by atoms with Crippen LogP contribution in [-0.4, -0.2) is 48.5 Å². The van der Waals surface area contributed by atoms with E-state index in [1.807, 2.05) is 24.4 Å². The van der Waals surface area contributed by atoms with Gasteiger partial charge in [0.25, 0.3) is 0 Å². The van der Waals surface area contributed by atoms with Gasteiger partial charge in [0, 0.05) is 20.3 Å². The number of hydrogen-bond acceptors (Lipinski definition) is 8. The number of thiophene rings is 1. The average Bonchev–Trinajstić information content (AvgIpc) is 3.33. The Balaban J connectivity index is 1.87. The quantitative estimate of drug-likeness (QED) is 0.449. The zero-order chi connectivity index (χ0) is 20.6. The number of aryl methyl sites for hydroxylation is 2. The number of nitrogens with zero attached hydrogens (tertiary/aromatic N) is 4. The molecule has 1 aromatic carbocycles. The maximum Gasteiger partial charge on any atom is 0.229 e. The lowest BCUT2D eigenvalue weighted by Gasteiger charge is -2.09. The molecule has 0 bridgehead atoms. The number of ether oxygens (including phenoxy) is 1. The van der Waals surface area contributed by atoms with Gasteiger partial charge in [0.2, 0.25) is 14.9 Å². The van der Waals surface area contributed by atoms with Crippen LogP contribution >= 0.6 is 11.3 Å². The third kappa shape index (κ3) is 3.47. The number of hydrogen-bond donors (Lipinski definition) is 1. The van der Waals surface area contributed by atoms with Crippen LogP contribution in [0, 0.1) is 13.8 Å². The van der Waals surface area contributed by atoms with Gasteiger partial charge in [0.1, 0.15) is 5.82 Å². The third-order valence-corrected chi connectivity index (χ3v) is 7.33. The van der Waals surface area contributed by atoms with Gasteiger partial charge in [-0.3, -0.25) is 0 Å². The Bertz CT molecular complexity index is 1290. The Morgan fingerprint density at radius 1 is 1.24 bits per heavy atom. The van der Waals surface area contributed by atoms with Gasteiger partial charge in [0.05, 0.1) is 15.1 Å². The maximum absolute atomic E-state index is 13.4. The number of benzene rings is 1. The number of rotatable bonds is 7. The second kappa shape index (κ2) is 7.69. The highest BCUT2D eigenvalue weighted by Gasteiger charge is 2.28. The summed E-state index contributed by atoms with van der Waals surface area (Å²) >= 11 is 1.52. The summed E-state index contributed by atoms with van der Waals surface area (Å²) in [6, 6.07) is 7.22. The first-order valence-corrected chi connectivity index (χ1v) is 11.5. The first-order chi connectivity index (χ1) is 13.9. The van der Waals surface area contributed by atoms with Crippen molar-refractivity contribution >= 4 is 42.9 Å². The fourth-order valence-electron chi connectivity index (χ4n) is 3.14. The average molecular weight is 432 g/mol. The first kappa shape index (κ1) is 19.7. The van der Waals surface area contributed by atoms with Crippen LogP contribution < -0.4 is 5.32 Å². The minimum atomic E-state index is -3.87. The van der Waals surface area contributed by atoms with Crippen LogP contribution in [0.4, 0.5) is 5.82 Å². The molecule has 1 N–H and O–H groups in total. The fraction of sp³-hybridized carbons (Fsp3) is 0.316. The first-order valence-electron chi connectivity index (χ1n) is 9.11. The summed E-state index contributed by atoms with van der Waals surface area (Å²) in [5.41, 5.74) is 2.50. The highest BCUT2D eigenvalue weighted by molar-refractivity contribution is 7.91. The molecule has 8 nitrogen and oxygen atoms in total. The van der Waals surface area contributed by atoms with E-state index in [4.69, 9.17) is 4.74 Å². The molecule has 29 heavy (non-hydrogen) atoms. The molecular weight excluding hydrogens is 410 g/mol.